The van der Waals surface area contributed by atoms with Crippen molar-refractivity contribution in [3.8, 4) is 6.07 Å². The van der Waals surface area contributed by atoms with Gasteiger partial charge >= 0.3 is 5.97 Å². The Balaban J connectivity index is 1.99. The van der Waals surface area contributed by atoms with E-state index in [0.717, 1.165) is 6.42 Å². The molecule has 2 aromatic rings. The molecule has 6 nitrogen and oxygen atoms in total. The molecule has 170 valence electrons. The number of para-hydroxylation sites is 1. The number of nitrogens with zero attached hydrogens (tertiary/aromatic N) is 1. The van der Waals surface area contributed by atoms with Crippen LogP contribution in [-0.2, 0) is 14.3 Å². The van der Waals surface area contributed by atoms with Crippen molar-refractivity contribution in [2.24, 2.45) is 0 Å². The molecule has 0 aliphatic carbocycles. The van der Waals surface area contributed by atoms with E-state index in [9.17, 15) is 14.9 Å². The van der Waals surface area contributed by atoms with Crippen molar-refractivity contribution in [2.75, 3.05) is 17.7 Å². The van der Waals surface area contributed by atoms with E-state index in [1.807, 2.05) is 31.2 Å². The predicted molar refractivity (Wildman–Crippen MR) is 131 cm³/mol. The van der Waals surface area contributed by atoms with Crippen molar-refractivity contribution < 1.29 is 14.3 Å². The van der Waals surface area contributed by atoms with E-state index in [2.05, 4.69) is 16.7 Å². The maximum atomic E-state index is 13.4. The number of anilines is 1. The van der Waals surface area contributed by atoms with E-state index < -0.39 is 5.92 Å². The Labute approximate surface area is 202 Å². The number of nitrogens with one attached hydrogen (secondary N) is 2. The quantitative estimate of drug-likeness (QED) is 0.493. The molecular formula is C25H24ClN3O3S. The molecule has 1 amide bonds. The average Bonchev–Trinajstić information content (AvgIpc) is 2.81. The van der Waals surface area contributed by atoms with E-state index in [1.165, 1.54) is 11.8 Å². The number of rotatable bonds is 8. The molecule has 1 heterocycles. The number of carbonyl (C=O) groups is 2. The van der Waals surface area contributed by atoms with E-state index >= 15 is 0 Å². The third-order valence-corrected chi connectivity index (χ3v) is 6.28. The number of hydrogen-bond acceptors (Lipinski definition) is 6. The van der Waals surface area contributed by atoms with Crippen LogP contribution in [0.25, 0.3) is 0 Å². The number of benzene rings is 2. The normalized spacial score (nSPS) is 15.5. The summed E-state index contributed by atoms with van der Waals surface area (Å²) in [5.41, 5.74) is 2.57. The number of amides is 1. The van der Waals surface area contributed by atoms with Gasteiger partial charge in [-0.05, 0) is 37.1 Å². The predicted octanol–water partition coefficient (Wildman–Crippen LogP) is 5.36. The van der Waals surface area contributed by atoms with Crippen molar-refractivity contribution >= 4 is 40.9 Å². The number of dihydropyridines is 1. The molecule has 33 heavy (non-hydrogen) atoms. The lowest BCUT2D eigenvalue weighted by molar-refractivity contribution is -0.140. The average molecular weight is 482 g/mol. The maximum absolute atomic E-state index is 13.4. The van der Waals surface area contributed by atoms with Gasteiger partial charge in [-0.25, -0.2) is 0 Å². The molecule has 0 aromatic heterocycles. The van der Waals surface area contributed by atoms with Crippen LogP contribution in [0.1, 0.15) is 31.7 Å². The number of thioether (sulfide) groups is 1. The maximum Gasteiger partial charge on any atom is 0.316 e. The molecule has 0 radical (unpaired) electrons. The molecule has 8 heteroatoms. The minimum atomic E-state index is -0.692. The zero-order valence-corrected chi connectivity index (χ0v) is 19.9. The first kappa shape index (κ1) is 24.4. The van der Waals surface area contributed by atoms with Crippen molar-refractivity contribution in [1.29, 1.82) is 5.26 Å². The largest absolute Gasteiger partial charge is 0.465 e. The third-order valence-electron chi connectivity index (χ3n) is 4.94. The smallest absolute Gasteiger partial charge is 0.316 e. The molecule has 0 spiro atoms. The number of nitriles is 1. The summed E-state index contributed by atoms with van der Waals surface area (Å²) in [7, 11) is 0. The summed E-state index contributed by atoms with van der Waals surface area (Å²) in [5.74, 6) is -1.35. The first-order chi connectivity index (χ1) is 16.0. The van der Waals surface area contributed by atoms with Gasteiger partial charge in [0, 0.05) is 22.0 Å². The van der Waals surface area contributed by atoms with Crippen LogP contribution in [0, 0.1) is 11.3 Å². The standard InChI is InChI=1S/C25H24ClN3O3S/c1-3-13-32-21(30)15-33-25-19(14-27)23(18-11-7-8-12-20(18)26)22(16(2)28-25)24(31)29-17-9-5-4-6-10-17/h4-12,23,28H,3,13,15H2,1-2H3,(H,29,31)/t23-/m1/s1. The van der Waals surface area contributed by atoms with E-state index in [0.29, 0.717) is 44.8 Å². The number of halogens is 1. The Kier molecular flexibility index (Phi) is 8.58. The Morgan fingerprint density at radius 1 is 1.18 bits per heavy atom. The molecule has 1 aliphatic heterocycles. The highest BCUT2D eigenvalue weighted by Crippen LogP contribution is 2.43. The van der Waals surface area contributed by atoms with E-state index in [1.54, 1.807) is 37.3 Å². The van der Waals surface area contributed by atoms with Gasteiger partial charge in [0.05, 0.1) is 34.9 Å². The highest BCUT2D eigenvalue weighted by molar-refractivity contribution is 8.03. The van der Waals surface area contributed by atoms with Crippen LogP contribution in [0.2, 0.25) is 5.02 Å². The summed E-state index contributed by atoms with van der Waals surface area (Å²) in [6.07, 6.45) is 0.733. The lowest BCUT2D eigenvalue weighted by Gasteiger charge is -2.30. The fraction of sp³-hybridized carbons (Fsp3) is 0.240. The number of ether oxygens (including phenoxy) is 1. The zero-order chi connectivity index (χ0) is 23.8. The second-order valence-electron chi connectivity index (χ2n) is 7.30. The van der Waals surface area contributed by atoms with Crippen LogP contribution in [0.15, 0.2) is 76.5 Å². The molecule has 0 unspecified atom stereocenters. The van der Waals surface area contributed by atoms with Crippen LogP contribution < -0.4 is 10.6 Å². The van der Waals surface area contributed by atoms with Gasteiger partial charge in [0.25, 0.3) is 5.91 Å². The second kappa shape index (κ2) is 11.6. The number of hydrogen-bond donors (Lipinski definition) is 2. The monoisotopic (exact) mass is 481 g/mol. The molecular weight excluding hydrogens is 458 g/mol. The fourth-order valence-electron chi connectivity index (χ4n) is 3.46. The van der Waals surface area contributed by atoms with Crippen molar-refractivity contribution in [3.63, 3.8) is 0 Å². The number of allylic oxidation sites excluding steroid dienone is 2. The van der Waals surface area contributed by atoms with Gasteiger partial charge in [0.15, 0.2) is 0 Å². The van der Waals surface area contributed by atoms with E-state index in [4.69, 9.17) is 16.3 Å². The Bertz CT molecular complexity index is 1140. The summed E-state index contributed by atoms with van der Waals surface area (Å²) < 4.78 is 5.14. The molecule has 1 atom stereocenters. The Morgan fingerprint density at radius 2 is 1.88 bits per heavy atom. The summed E-state index contributed by atoms with van der Waals surface area (Å²) in [5, 5.41) is 17.1. The minimum Gasteiger partial charge on any atom is -0.465 e. The zero-order valence-electron chi connectivity index (χ0n) is 18.4. The SMILES string of the molecule is CCCOC(=O)CSC1=C(C#N)[C@@H](c2ccccc2Cl)C(C(=O)Nc2ccccc2)=C(C)N1. The molecule has 0 fully saturated rings. The van der Waals surface area contributed by atoms with Gasteiger partial charge in [0.1, 0.15) is 0 Å². The highest BCUT2D eigenvalue weighted by atomic mass is 35.5. The van der Waals surface area contributed by atoms with Gasteiger partial charge in [-0.2, -0.15) is 5.26 Å². The van der Waals surface area contributed by atoms with Crippen LogP contribution in [0.5, 0.6) is 0 Å². The Morgan fingerprint density at radius 3 is 2.55 bits per heavy atom. The second-order valence-corrected chi connectivity index (χ2v) is 8.69. The fourth-order valence-corrected chi connectivity index (χ4v) is 4.59. The molecule has 0 saturated carbocycles. The van der Waals surface area contributed by atoms with Gasteiger partial charge in [-0.3, -0.25) is 9.59 Å². The summed E-state index contributed by atoms with van der Waals surface area (Å²) in [6, 6.07) is 18.5. The summed E-state index contributed by atoms with van der Waals surface area (Å²) in [6.45, 7) is 4.04. The van der Waals surface area contributed by atoms with Crippen molar-refractivity contribution in [3.05, 3.63) is 87.1 Å². The van der Waals surface area contributed by atoms with Gasteiger partial charge < -0.3 is 15.4 Å². The summed E-state index contributed by atoms with van der Waals surface area (Å²) >= 11 is 7.68. The van der Waals surface area contributed by atoms with Crippen LogP contribution in [-0.4, -0.2) is 24.2 Å². The van der Waals surface area contributed by atoms with Crippen molar-refractivity contribution in [1.82, 2.24) is 5.32 Å². The lowest BCUT2D eigenvalue weighted by atomic mass is 9.82. The Hall–Kier alpha value is -3.21. The van der Waals surface area contributed by atoms with Crippen LogP contribution in [0.4, 0.5) is 5.69 Å². The minimum absolute atomic E-state index is 0.0432. The molecule has 3 rings (SSSR count). The summed E-state index contributed by atoms with van der Waals surface area (Å²) in [4.78, 5) is 25.4. The van der Waals surface area contributed by atoms with Gasteiger partial charge in [0.2, 0.25) is 0 Å². The van der Waals surface area contributed by atoms with Crippen LogP contribution >= 0.6 is 23.4 Å². The highest BCUT2D eigenvalue weighted by Gasteiger charge is 2.36. The first-order valence-corrected chi connectivity index (χ1v) is 11.8. The molecule has 2 aromatic carbocycles. The molecule has 0 saturated heterocycles. The lowest BCUT2D eigenvalue weighted by Crippen LogP contribution is -2.31. The van der Waals surface area contributed by atoms with Gasteiger partial charge in [-0.15, -0.1) is 0 Å². The first-order valence-electron chi connectivity index (χ1n) is 10.5. The van der Waals surface area contributed by atoms with E-state index in [-0.39, 0.29) is 17.6 Å². The van der Waals surface area contributed by atoms with Gasteiger partial charge in [-0.1, -0.05) is 66.7 Å². The molecule has 0 bridgehead atoms. The number of carbonyl (C=O) groups excluding carboxylic acids is 2. The molecule has 2 N–H and O–H groups in total. The van der Waals surface area contributed by atoms with Crippen LogP contribution in [0.3, 0.4) is 0 Å². The third kappa shape index (κ3) is 5.98. The van der Waals surface area contributed by atoms with Crippen molar-refractivity contribution in [2.45, 2.75) is 26.2 Å². The topological polar surface area (TPSA) is 91.2 Å². The number of esters is 1. The molecule has 1 aliphatic rings.